The number of hydrogen-bond acceptors (Lipinski definition) is 3. The van der Waals surface area contributed by atoms with Gasteiger partial charge in [0.15, 0.2) is 5.59 Å². The lowest BCUT2D eigenvalue weighted by atomic mass is 10.2. The van der Waals surface area contributed by atoms with Crippen LogP contribution >= 0.6 is 15.1 Å². The number of para-hydroxylation sites is 1. The quantitative estimate of drug-likeness (QED) is 0.448. The molecule has 3 rings (SSSR count). The molecule has 164 valence electrons. The lowest BCUT2D eigenvalue weighted by Gasteiger charge is -2.47. The van der Waals surface area contributed by atoms with Crippen molar-refractivity contribution in [3.05, 3.63) is 48.5 Å². The predicted octanol–water partition coefficient (Wildman–Crippen LogP) is 8.02. The third kappa shape index (κ3) is 3.96. The first-order valence-corrected chi connectivity index (χ1v) is 13.8. The molecule has 5 heteroatoms. The fraction of sp³-hybridized carbons (Fsp3) is 0.520. The molecular formula is C25H36O3P2. The van der Waals surface area contributed by atoms with Gasteiger partial charge >= 0.3 is 0 Å². The first-order chi connectivity index (χ1) is 13.7. The third-order valence-electron chi connectivity index (χ3n) is 5.65. The Balaban J connectivity index is 2.19. The maximum atomic E-state index is 14.9. The van der Waals surface area contributed by atoms with Crippen molar-refractivity contribution < 1.29 is 14.0 Å². The van der Waals surface area contributed by atoms with E-state index in [2.05, 4.69) is 62.3 Å². The molecule has 0 unspecified atom stereocenters. The van der Waals surface area contributed by atoms with Gasteiger partial charge in [0.2, 0.25) is 0 Å². The Kier molecular flexibility index (Phi) is 5.98. The van der Waals surface area contributed by atoms with E-state index in [1.165, 1.54) is 0 Å². The first kappa shape index (κ1) is 23.4. The maximum Gasteiger partial charge on any atom is 0.174 e. The molecule has 0 N–H and O–H groups in total. The van der Waals surface area contributed by atoms with Gasteiger partial charge < -0.3 is 14.0 Å². The monoisotopic (exact) mass is 446 g/mol. The van der Waals surface area contributed by atoms with E-state index in [1.807, 2.05) is 48.5 Å². The topological polar surface area (TPSA) is 35.5 Å². The van der Waals surface area contributed by atoms with Crippen LogP contribution in [0.5, 0.6) is 17.2 Å². The van der Waals surface area contributed by atoms with E-state index in [-0.39, 0.29) is 21.1 Å². The average Bonchev–Trinajstić information content (AvgIpc) is 3.01. The van der Waals surface area contributed by atoms with E-state index in [0.717, 1.165) is 22.6 Å². The van der Waals surface area contributed by atoms with Crippen LogP contribution in [0.2, 0.25) is 0 Å². The van der Waals surface area contributed by atoms with Crippen LogP contribution in [0, 0.1) is 0 Å². The summed E-state index contributed by atoms with van der Waals surface area (Å²) in [6.07, 6.45) is 0. The van der Waals surface area contributed by atoms with Crippen molar-refractivity contribution in [2.24, 2.45) is 0 Å². The van der Waals surface area contributed by atoms with E-state index in [9.17, 15) is 4.57 Å². The Morgan fingerprint density at radius 3 is 1.90 bits per heavy atom. The zero-order valence-corrected chi connectivity index (χ0v) is 21.6. The van der Waals surface area contributed by atoms with Crippen LogP contribution in [0.15, 0.2) is 48.5 Å². The highest BCUT2D eigenvalue weighted by atomic mass is 31.2. The van der Waals surface area contributed by atoms with Crippen LogP contribution in [-0.4, -0.2) is 21.1 Å². The molecular weight excluding hydrogens is 410 g/mol. The molecule has 2 aromatic carbocycles. The van der Waals surface area contributed by atoms with Gasteiger partial charge in [-0.25, -0.2) is 0 Å². The molecule has 2 aromatic rings. The van der Waals surface area contributed by atoms with E-state index < -0.39 is 15.1 Å². The molecule has 0 spiro atoms. The third-order valence-corrected chi connectivity index (χ3v) is 15.0. The van der Waals surface area contributed by atoms with Crippen molar-refractivity contribution in [2.75, 3.05) is 0 Å². The molecule has 0 aliphatic carbocycles. The standard InChI is InChI=1S/C25H36O3P2/c1-23(2,3)29-21-19(27-18-14-11-10-12-15-18)16-13-17-20(21)28-22(29)30(26,24(4,5)6)25(7,8)9/h10-17,22H,1-9H3/t22-,29+/m0/s1. The largest absolute Gasteiger partial charge is 0.477 e. The minimum Gasteiger partial charge on any atom is -0.477 e. The van der Waals surface area contributed by atoms with Crippen LogP contribution < -0.4 is 14.8 Å². The normalized spacial score (nSPS) is 19.9. The molecule has 0 saturated heterocycles. The minimum absolute atomic E-state index is 0.0897. The van der Waals surface area contributed by atoms with Gasteiger partial charge in [0.05, 0.1) is 5.30 Å². The van der Waals surface area contributed by atoms with Gasteiger partial charge in [0, 0.05) is 10.3 Å². The Morgan fingerprint density at radius 2 is 1.40 bits per heavy atom. The summed E-state index contributed by atoms with van der Waals surface area (Å²) in [4.78, 5) is 0. The highest BCUT2D eigenvalue weighted by molar-refractivity contribution is 7.84. The van der Waals surface area contributed by atoms with Gasteiger partial charge in [-0.05, 0) is 37.3 Å². The Bertz CT molecular complexity index is 929. The SMILES string of the molecule is CC(C)(C)[P@]1c2c(Oc3ccccc3)cccc2O[C@@H]1P(=O)(C(C)(C)C)C(C)(C)C. The van der Waals surface area contributed by atoms with Crippen LogP contribution in [-0.2, 0) is 4.57 Å². The zero-order valence-electron chi connectivity index (χ0n) is 19.8. The van der Waals surface area contributed by atoms with Crippen LogP contribution in [0.3, 0.4) is 0 Å². The van der Waals surface area contributed by atoms with E-state index >= 15 is 0 Å². The molecule has 0 fully saturated rings. The van der Waals surface area contributed by atoms with E-state index in [4.69, 9.17) is 9.47 Å². The molecule has 0 saturated carbocycles. The lowest BCUT2D eigenvalue weighted by Crippen LogP contribution is -2.38. The number of rotatable bonds is 3. The second kappa shape index (κ2) is 7.68. The van der Waals surface area contributed by atoms with Crippen LogP contribution in [0.1, 0.15) is 62.3 Å². The van der Waals surface area contributed by atoms with Gasteiger partial charge in [0.25, 0.3) is 0 Å². The molecule has 1 heterocycles. The number of fused-ring (bicyclic) bond motifs is 1. The molecule has 30 heavy (non-hydrogen) atoms. The molecule has 1 aliphatic rings. The smallest absolute Gasteiger partial charge is 0.174 e. The zero-order chi connectivity index (χ0) is 22.5. The van der Waals surface area contributed by atoms with Crippen molar-refractivity contribution in [1.82, 2.24) is 0 Å². The summed E-state index contributed by atoms with van der Waals surface area (Å²) in [6.45, 7) is 19.3. The van der Waals surface area contributed by atoms with Gasteiger partial charge in [-0.1, -0.05) is 86.6 Å². The Morgan fingerprint density at radius 1 is 0.833 bits per heavy atom. The summed E-state index contributed by atoms with van der Waals surface area (Å²) < 4.78 is 27.9. The molecule has 1 aliphatic heterocycles. The van der Waals surface area contributed by atoms with Gasteiger partial charge in [0.1, 0.15) is 24.4 Å². The summed E-state index contributed by atoms with van der Waals surface area (Å²) in [5, 5.41) is 0.268. The summed E-state index contributed by atoms with van der Waals surface area (Å²) in [5.74, 6) is 2.44. The van der Waals surface area contributed by atoms with Gasteiger partial charge in [-0.3, -0.25) is 0 Å². The average molecular weight is 447 g/mol. The Hall–Kier alpha value is -1.30. The number of ether oxygens (including phenoxy) is 2. The molecule has 0 bridgehead atoms. The van der Waals surface area contributed by atoms with Crippen molar-refractivity contribution in [3.63, 3.8) is 0 Å². The minimum atomic E-state index is -2.82. The van der Waals surface area contributed by atoms with Crippen molar-refractivity contribution in [1.29, 1.82) is 0 Å². The molecule has 3 nitrogen and oxygen atoms in total. The fourth-order valence-corrected chi connectivity index (χ4v) is 15.2. The second-order valence-corrected chi connectivity index (χ2v) is 18.9. The Labute approximate surface area is 183 Å². The lowest BCUT2D eigenvalue weighted by molar-refractivity contribution is 0.340. The highest BCUT2D eigenvalue weighted by Gasteiger charge is 2.60. The summed E-state index contributed by atoms with van der Waals surface area (Å²) in [7, 11) is -3.73. The molecule has 0 radical (unpaired) electrons. The highest BCUT2D eigenvalue weighted by Crippen LogP contribution is 2.80. The predicted molar refractivity (Wildman–Crippen MR) is 131 cm³/mol. The van der Waals surface area contributed by atoms with Crippen molar-refractivity contribution in [3.8, 4) is 17.2 Å². The van der Waals surface area contributed by atoms with Crippen molar-refractivity contribution in [2.45, 2.75) is 83.4 Å². The van der Waals surface area contributed by atoms with Crippen molar-refractivity contribution >= 4 is 20.4 Å². The molecule has 0 amide bonds. The molecule has 2 atom stereocenters. The summed E-state index contributed by atoms with van der Waals surface area (Å²) >= 11 is 0. The van der Waals surface area contributed by atoms with E-state index in [1.54, 1.807) is 0 Å². The fourth-order valence-electron chi connectivity index (χ4n) is 4.38. The second-order valence-electron chi connectivity index (χ2n) is 11.0. The van der Waals surface area contributed by atoms with Gasteiger partial charge in [-0.2, -0.15) is 0 Å². The number of benzene rings is 2. The van der Waals surface area contributed by atoms with Crippen LogP contribution in [0.4, 0.5) is 0 Å². The van der Waals surface area contributed by atoms with Gasteiger partial charge in [-0.15, -0.1) is 0 Å². The first-order valence-electron chi connectivity index (χ1n) is 10.6. The number of hydrogen-bond donors (Lipinski definition) is 0. The summed E-state index contributed by atoms with van der Waals surface area (Å²) in [5.41, 5.74) is -0.331. The van der Waals surface area contributed by atoms with Crippen LogP contribution in [0.25, 0.3) is 0 Å². The maximum absolute atomic E-state index is 14.9. The summed E-state index contributed by atoms with van der Waals surface area (Å²) in [6, 6.07) is 15.8. The van der Waals surface area contributed by atoms with E-state index in [0.29, 0.717) is 0 Å². The molecule has 0 aromatic heterocycles.